The van der Waals surface area contributed by atoms with E-state index >= 15 is 0 Å². The van der Waals surface area contributed by atoms with Crippen LogP contribution in [-0.2, 0) is 0 Å². The maximum atomic E-state index is 12.8. The minimum absolute atomic E-state index is 0.261. The molecule has 1 rings (SSSR count). The van der Waals surface area contributed by atoms with Crippen LogP contribution in [0.4, 0.5) is 10.1 Å². The molecule has 0 spiro atoms. The Morgan fingerprint density at radius 3 is 2.83 bits per heavy atom. The van der Waals surface area contributed by atoms with E-state index in [1.807, 2.05) is 0 Å². The largest absolute Gasteiger partial charge is 0.265 e. The lowest BCUT2D eigenvalue weighted by Crippen LogP contribution is -1.81. The molecule has 0 radical (unpaired) electrons. The smallest absolute Gasteiger partial charge is 0.205 e. The molecule has 1 heterocycles. The Balaban J connectivity index is 3.02. The zero-order valence-electron chi connectivity index (χ0n) is 5.96. The summed E-state index contributed by atoms with van der Waals surface area (Å²) in [4.78, 5) is 6.90. The third-order valence-corrected chi connectivity index (χ3v) is 1.76. The molecule has 0 aliphatic rings. The van der Waals surface area contributed by atoms with Gasteiger partial charge in [0.1, 0.15) is 0 Å². The predicted octanol–water partition coefficient (Wildman–Crippen LogP) is 3.34. The average molecular weight is 274 g/mol. The first-order chi connectivity index (χ1) is 5.77. The minimum atomic E-state index is -0.382. The SMILES string of the molecule is [C-]#[N+]c1ccc(/C(F)=C/I)nc1. The van der Waals surface area contributed by atoms with Crippen molar-refractivity contribution in [3.05, 3.63) is 39.5 Å². The van der Waals surface area contributed by atoms with Gasteiger partial charge in [-0.2, -0.15) is 0 Å². The number of rotatable bonds is 1. The van der Waals surface area contributed by atoms with Crippen molar-refractivity contribution in [3.63, 3.8) is 0 Å². The van der Waals surface area contributed by atoms with Crippen molar-refractivity contribution in [2.24, 2.45) is 0 Å². The maximum absolute atomic E-state index is 12.8. The Kier molecular flexibility index (Phi) is 3.17. The fraction of sp³-hybridized carbons (Fsp3) is 0. The van der Waals surface area contributed by atoms with Gasteiger partial charge in [-0.25, -0.2) is 9.24 Å². The van der Waals surface area contributed by atoms with Gasteiger partial charge in [0.2, 0.25) is 5.69 Å². The molecule has 60 valence electrons. The highest BCUT2D eigenvalue weighted by Gasteiger charge is 1.99. The summed E-state index contributed by atoms with van der Waals surface area (Å²) in [6.45, 7) is 6.64. The van der Waals surface area contributed by atoms with E-state index in [4.69, 9.17) is 6.57 Å². The minimum Gasteiger partial charge on any atom is -0.265 e. The molecule has 0 bridgehead atoms. The van der Waals surface area contributed by atoms with Crippen molar-refractivity contribution in [1.82, 2.24) is 4.98 Å². The quantitative estimate of drug-likeness (QED) is 0.567. The molecule has 4 heteroatoms. The summed E-state index contributed by atoms with van der Waals surface area (Å²) in [5.74, 6) is -0.382. The van der Waals surface area contributed by atoms with E-state index in [1.165, 1.54) is 22.4 Å². The van der Waals surface area contributed by atoms with Crippen LogP contribution < -0.4 is 0 Å². The molecular formula is C8H4FIN2. The Labute approximate surface area is 83.1 Å². The molecule has 12 heavy (non-hydrogen) atoms. The Morgan fingerprint density at radius 1 is 1.67 bits per heavy atom. The van der Waals surface area contributed by atoms with E-state index in [-0.39, 0.29) is 11.5 Å². The third-order valence-electron chi connectivity index (χ3n) is 1.22. The maximum Gasteiger partial charge on any atom is 0.205 e. The topological polar surface area (TPSA) is 17.2 Å². The summed E-state index contributed by atoms with van der Waals surface area (Å²) < 4.78 is 14.1. The van der Waals surface area contributed by atoms with Gasteiger partial charge in [-0.3, -0.25) is 4.98 Å². The molecule has 0 atom stereocenters. The van der Waals surface area contributed by atoms with Crippen LogP contribution in [0.1, 0.15) is 5.69 Å². The summed E-state index contributed by atoms with van der Waals surface area (Å²) in [6, 6.07) is 3.02. The van der Waals surface area contributed by atoms with Crippen LogP contribution in [0, 0.1) is 6.57 Å². The zero-order valence-corrected chi connectivity index (χ0v) is 8.12. The third kappa shape index (κ3) is 2.01. The highest BCUT2D eigenvalue weighted by molar-refractivity contribution is 14.1. The second-order valence-corrected chi connectivity index (χ2v) is 2.59. The van der Waals surface area contributed by atoms with E-state index in [2.05, 4.69) is 9.83 Å². The van der Waals surface area contributed by atoms with E-state index in [0.29, 0.717) is 5.69 Å². The number of hydrogen-bond acceptors (Lipinski definition) is 1. The number of aromatic nitrogens is 1. The van der Waals surface area contributed by atoms with Gasteiger partial charge in [-0.15, -0.1) is 0 Å². The summed E-state index contributed by atoms with van der Waals surface area (Å²) >= 11 is 1.80. The molecule has 1 aromatic heterocycles. The second kappa shape index (κ2) is 4.16. The van der Waals surface area contributed by atoms with Crippen LogP contribution in [0.15, 0.2) is 22.4 Å². The van der Waals surface area contributed by atoms with E-state index in [1.54, 1.807) is 22.6 Å². The van der Waals surface area contributed by atoms with E-state index < -0.39 is 0 Å². The number of hydrogen-bond donors (Lipinski definition) is 0. The van der Waals surface area contributed by atoms with Crippen LogP contribution >= 0.6 is 22.6 Å². The van der Waals surface area contributed by atoms with E-state index in [9.17, 15) is 4.39 Å². The van der Waals surface area contributed by atoms with Crippen LogP contribution in [0.5, 0.6) is 0 Å². The first-order valence-electron chi connectivity index (χ1n) is 3.07. The fourth-order valence-electron chi connectivity index (χ4n) is 0.649. The van der Waals surface area contributed by atoms with Gasteiger partial charge in [0.15, 0.2) is 5.83 Å². The second-order valence-electron chi connectivity index (χ2n) is 1.97. The molecule has 2 nitrogen and oxygen atoms in total. The Bertz CT molecular complexity index is 337. The lowest BCUT2D eigenvalue weighted by atomic mass is 10.3. The van der Waals surface area contributed by atoms with Crippen molar-refractivity contribution < 1.29 is 4.39 Å². The van der Waals surface area contributed by atoms with Gasteiger partial charge in [-0.1, -0.05) is 6.07 Å². The molecule has 0 aromatic carbocycles. The van der Waals surface area contributed by atoms with E-state index in [0.717, 1.165) is 0 Å². The molecular weight excluding hydrogens is 270 g/mol. The van der Waals surface area contributed by atoms with Crippen LogP contribution in [-0.4, -0.2) is 4.98 Å². The highest BCUT2D eigenvalue weighted by atomic mass is 127. The molecule has 0 unspecified atom stereocenters. The summed E-state index contributed by atoms with van der Waals surface area (Å²) in [7, 11) is 0. The van der Waals surface area contributed by atoms with Crippen molar-refractivity contribution in [2.45, 2.75) is 0 Å². The molecule has 0 aliphatic heterocycles. The number of nitrogens with zero attached hydrogens (tertiary/aromatic N) is 2. The summed E-state index contributed by atoms with van der Waals surface area (Å²) in [5.41, 5.74) is 0.678. The van der Waals surface area contributed by atoms with Crippen molar-refractivity contribution in [3.8, 4) is 0 Å². The number of pyridine rings is 1. The molecule has 0 fully saturated rings. The van der Waals surface area contributed by atoms with Crippen molar-refractivity contribution in [1.29, 1.82) is 0 Å². The number of halogens is 2. The summed E-state index contributed by atoms with van der Waals surface area (Å²) in [6.07, 6.45) is 1.35. The van der Waals surface area contributed by atoms with Gasteiger partial charge in [-0.05, 0) is 28.7 Å². The fourth-order valence-corrected chi connectivity index (χ4v) is 0.968. The van der Waals surface area contributed by atoms with Crippen molar-refractivity contribution >= 4 is 34.1 Å². The first kappa shape index (κ1) is 9.13. The molecule has 1 aromatic rings. The van der Waals surface area contributed by atoms with Crippen LogP contribution in [0.25, 0.3) is 10.7 Å². The molecule has 0 saturated heterocycles. The van der Waals surface area contributed by atoms with Crippen LogP contribution in [0.3, 0.4) is 0 Å². The first-order valence-corrected chi connectivity index (χ1v) is 4.32. The van der Waals surface area contributed by atoms with Gasteiger partial charge in [0, 0.05) is 10.3 Å². The Hall–Kier alpha value is -0.960. The zero-order chi connectivity index (χ0) is 8.97. The highest BCUT2D eigenvalue weighted by Crippen LogP contribution is 2.17. The van der Waals surface area contributed by atoms with Crippen molar-refractivity contribution in [2.75, 3.05) is 0 Å². The van der Waals surface area contributed by atoms with Gasteiger partial charge in [0.25, 0.3) is 0 Å². The predicted molar refractivity (Wildman–Crippen MR) is 53.6 cm³/mol. The molecule has 0 saturated carbocycles. The van der Waals surface area contributed by atoms with Gasteiger partial charge >= 0.3 is 0 Å². The normalized spacial score (nSPS) is 10.9. The van der Waals surface area contributed by atoms with Gasteiger partial charge in [0.05, 0.1) is 12.3 Å². The Morgan fingerprint density at radius 2 is 2.42 bits per heavy atom. The molecule has 0 aliphatic carbocycles. The van der Waals surface area contributed by atoms with Gasteiger partial charge < -0.3 is 0 Å². The molecule has 0 amide bonds. The molecule has 0 N–H and O–H groups in total. The average Bonchev–Trinajstić information content (AvgIpc) is 2.17. The monoisotopic (exact) mass is 274 g/mol. The summed E-state index contributed by atoms with van der Waals surface area (Å²) in [5, 5.41) is 0. The lowest BCUT2D eigenvalue weighted by molar-refractivity contribution is 0.755. The standard InChI is InChI=1S/C8H4FIN2/c1-11-6-2-3-8(12-5-6)7(9)4-10/h2-5H/b7-4-. The van der Waals surface area contributed by atoms with Crippen LogP contribution in [0.2, 0.25) is 0 Å². The lowest BCUT2D eigenvalue weighted by Gasteiger charge is -1.94.